The van der Waals surface area contributed by atoms with Crippen LogP contribution in [0.1, 0.15) is 23.0 Å². The molecule has 0 saturated heterocycles. The summed E-state index contributed by atoms with van der Waals surface area (Å²) >= 11 is 1.72. The zero-order valence-corrected chi connectivity index (χ0v) is 12.9. The first-order valence-electron chi connectivity index (χ1n) is 6.42. The molecule has 1 aromatic carbocycles. The lowest BCUT2D eigenvalue weighted by atomic mass is 10.1. The zero-order valence-electron chi connectivity index (χ0n) is 12.1. The van der Waals surface area contributed by atoms with E-state index in [0.29, 0.717) is 11.4 Å². The van der Waals surface area contributed by atoms with Crippen LogP contribution in [0.25, 0.3) is 0 Å². The molecule has 1 aromatic heterocycles. The van der Waals surface area contributed by atoms with E-state index in [1.54, 1.807) is 23.9 Å². The van der Waals surface area contributed by atoms with Gasteiger partial charge in [0.05, 0.1) is 20.4 Å². The molecule has 6 heteroatoms. The topological polar surface area (TPSA) is 61.3 Å². The Balaban J connectivity index is 2.30. The molecular weight excluding hydrogens is 288 g/mol. The number of carbonyl (C=O) groups is 1. The van der Waals surface area contributed by atoms with E-state index in [-0.39, 0.29) is 17.4 Å². The third-order valence-electron chi connectivity index (χ3n) is 2.76. The van der Waals surface area contributed by atoms with Crippen molar-refractivity contribution in [3.05, 3.63) is 41.7 Å². The predicted molar refractivity (Wildman–Crippen MR) is 81.4 cm³/mol. The van der Waals surface area contributed by atoms with Crippen LogP contribution in [0.3, 0.4) is 0 Å². The Morgan fingerprint density at radius 2 is 1.90 bits per heavy atom. The molecule has 0 unspecified atom stereocenters. The Kier molecular flexibility index (Phi) is 5.16. The van der Waals surface area contributed by atoms with Crippen molar-refractivity contribution in [2.45, 2.75) is 11.8 Å². The highest BCUT2D eigenvalue weighted by Gasteiger charge is 2.18. The molecule has 0 N–H and O–H groups in total. The highest BCUT2D eigenvalue weighted by Crippen LogP contribution is 2.22. The lowest BCUT2D eigenvalue weighted by molar-refractivity contribution is 0.103. The van der Waals surface area contributed by atoms with E-state index >= 15 is 0 Å². The molecule has 0 aliphatic carbocycles. The SMILES string of the molecule is CCSc1ccc(C(=O)c2ncc(OC)nc2OC)cc1. The fourth-order valence-corrected chi connectivity index (χ4v) is 2.42. The van der Waals surface area contributed by atoms with Crippen LogP contribution in [0, 0.1) is 0 Å². The smallest absolute Gasteiger partial charge is 0.247 e. The Morgan fingerprint density at radius 3 is 2.48 bits per heavy atom. The summed E-state index contributed by atoms with van der Waals surface area (Å²) in [6.07, 6.45) is 1.40. The van der Waals surface area contributed by atoms with Gasteiger partial charge in [-0.1, -0.05) is 6.92 Å². The van der Waals surface area contributed by atoms with Gasteiger partial charge in [-0.05, 0) is 30.0 Å². The largest absolute Gasteiger partial charge is 0.480 e. The Morgan fingerprint density at radius 1 is 1.19 bits per heavy atom. The molecule has 0 bridgehead atoms. The summed E-state index contributed by atoms with van der Waals surface area (Å²) in [6.45, 7) is 2.08. The van der Waals surface area contributed by atoms with Gasteiger partial charge in [0.25, 0.3) is 0 Å². The lowest BCUT2D eigenvalue weighted by Gasteiger charge is -2.07. The summed E-state index contributed by atoms with van der Waals surface area (Å²) in [5.74, 6) is 1.23. The van der Waals surface area contributed by atoms with Gasteiger partial charge in [-0.25, -0.2) is 4.98 Å². The van der Waals surface area contributed by atoms with Crippen molar-refractivity contribution in [2.24, 2.45) is 0 Å². The van der Waals surface area contributed by atoms with Crippen LogP contribution in [-0.2, 0) is 0 Å². The molecule has 0 aliphatic heterocycles. The summed E-state index contributed by atoms with van der Waals surface area (Å²) in [5, 5.41) is 0. The maximum absolute atomic E-state index is 12.5. The van der Waals surface area contributed by atoms with E-state index in [9.17, 15) is 4.79 Å². The van der Waals surface area contributed by atoms with Crippen molar-refractivity contribution in [3.63, 3.8) is 0 Å². The average molecular weight is 304 g/mol. The predicted octanol–water partition coefficient (Wildman–Crippen LogP) is 2.84. The zero-order chi connectivity index (χ0) is 15.2. The van der Waals surface area contributed by atoms with Crippen molar-refractivity contribution in [2.75, 3.05) is 20.0 Å². The van der Waals surface area contributed by atoms with Gasteiger partial charge in [0, 0.05) is 10.5 Å². The number of aromatic nitrogens is 2. The number of hydrogen-bond acceptors (Lipinski definition) is 6. The monoisotopic (exact) mass is 304 g/mol. The minimum absolute atomic E-state index is 0.159. The molecule has 2 rings (SSSR count). The minimum atomic E-state index is -0.227. The summed E-state index contributed by atoms with van der Waals surface area (Å²) < 4.78 is 10.1. The molecule has 0 saturated carbocycles. The van der Waals surface area contributed by atoms with Gasteiger partial charge in [0.15, 0.2) is 5.69 Å². The summed E-state index contributed by atoms with van der Waals surface area (Å²) in [5.41, 5.74) is 0.724. The van der Waals surface area contributed by atoms with Gasteiger partial charge in [0.2, 0.25) is 17.5 Å². The van der Waals surface area contributed by atoms with E-state index in [2.05, 4.69) is 16.9 Å². The van der Waals surface area contributed by atoms with E-state index in [1.807, 2.05) is 12.1 Å². The minimum Gasteiger partial charge on any atom is -0.480 e. The molecule has 0 amide bonds. The van der Waals surface area contributed by atoms with E-state index in [4.69, 9.17) is 9.47 Å². The number of rotatable bonds is 6. The molecule has 2 aromatic rings. The van der Waals surface area contributed by atoms with Crippen LogP contribution < -0.4 is 9.47 Å². The number of nitrogens with zero attached hydrogens (tertiary/aromatic N) is 2. The lowest BCUT2D eigenvalue weighted by Crippen LogP contribution is -2.08. The first kappa shape index (κ1) is 15.3. The second-order valence-electron chi connectivity index (χ2n) is 4.06. The van der Waals surface area contributed by atoms with Crippen LogP contribution in [0.4, 0.5) is 0 Å². The van der Waals surface area contributed by atoms with E-state index in [1.165, 1.54) is 20.4 Å². The van der Waals surface area contributed by atoms with Crippen LogP contribution in [0.5, 0.6) is 11.8 Å². The highest BCUT2D eigenvalue weighted by molar-refractivity contribution is 7.99. The number of thioether (sulfide) groups is 1. The van der Waals surface area contributed by atoms with Crippen LogP contribution >= 0.6 is 11.8 Å². The molecule has 5 nitrogen and oxygen atoms in total. The molecule has 0 aliphatic rings. The normalized spacial score (nSPS) is 10.2. The van der Waals surface area contributed by atoms with Gasteiger partial charge in [-0.2, -0.15) is 4.98 Å². The third kappa shape index (κ3) is 3.52. The molecular formula is C15H16N2O3S. The summed E-state index contributed by atoms with van der Waals surface area (Å²) in [6, 6.07) is 7.41. The maximum Gasteiger partial charge on any atom is 0.247 e. The summed E-state index contributed by atoms with van der Waals surface area (Å²) in [7, 11) is 2.93. The van der Waals surface area contributed by atoms with Gasteiger partial charge in [0.1, 0.15) is 0 Å². The van der Waals surface area contributed by atoms with Crippen molar-refractivity contribution in [1.29, 1.82) is 0 Å². The standard InChI is InChI=1S/C15H16N2O3S/c1-4-21-11-7-5-10(6-8-11)14(18)13-15(20-3)17-12(19-2)9-16-13/h5-9H,4H2,1-3H3. The van der Waals surface area contributed by atoms with Gasteiger partial charge >= 0.3 is 0 Å². The molecule has 0 fully saturated rings. The van der Waals surface area contributed by atoms with E-state index < -0.39 is 0 Å². The van der Waals surface area contributed by atoms with Crippen LogP contribution in [0.2, 0.25) is 0 Å². The van der Waals surface area contributed by atoms with Crippen molar-refractivity contribution in [3.8, 4) is 11.8 Å². The Bertz CT molecular complexity index is 629. The van der Waals surface area contributed by atoms with Crippen molar-refractivity contribution < 1.29 is 14.3 Å². The van der Waals surface area contributed by atoms with Crippen molar-refractivity contribution >= 4 is 17.5 Å². The number of methoxy groups -OCH3 is 2. The van der Waals surface area contributed by atoms with Crippen molar-refractivity contribution in [1.82, 2.24) is 9.97 Å². The van der Waals surface area contributed by atoms with Crippen LogP contribution in [-0.4, -0.2) is 35.7 Å². The molecule has 0 atom stereocenters. The maximum atomic E-state index is 12.5. The second-order valence-corrected chi connectivity index (χ2v) is 5.39. The first-order valence-corrected chi connectivity index (χ1v) is 7.40. The number of ketones is 1. The number of hydrogen-bond donors (Lipinski definition) is 0. The quantitative estimate of drug-likeness (QED) is 0.604. The molecule has 0 radical (unpaired) electrons. The molecule has 21 heavy (non-hydrogen) atoms. The summed E-state index contributed by atoms with van der Waals surface area (Å²) in [4.78, 5) is 21.8. The van der Waals surface area contributed by atoms with Gasteiger partial charge in [-0.15, -0.1) is 11.8 Å². The Hall–Kier alpha value is -2.08. The molecule has 110 valence electrons. The third-order valence-corrected chi connectivity index (χ3v) is 3.66. The second kappa shape index (κ2) is 7.08. The molecule has 0 spiro atoms. The van der Waals surface area contributed by atoms with Gasteiger partial charge in [-0.3, -0.25) is 4.79 Å². The Labute approximate surface area is 127 Å². The number of ether oxygens (including phenoxy) is 2. The average Bonchev–Trinajstić information content (AvgIpc) is 2.54. The molecule has 1 heterocycles. The number of carbonyl (C=O) groups excluding carboxylic acids is 1. The van der Waals surface area contributed by atoms with E-state index in [0.717, 1.165) is 10.6 Å². The first-order chi connectivity index (χ1) is 10.2. The highest BCUT2D eigenvalue weighted by atomic mass is 32.2. The van der Waals surface area contributed by atoms with Gasteiger partial charge < -0.3 is 9.47 Å². The number of benzene rings is 1. The van der Waals surface area contributed by atoms with Crippen LogP contribution in [0.15, 0.2) is 35.4 Å². The fourth-order valence-electron chi connectivity index (χ4n) is 1.76. The fraction of sp³-hybridized carbons (Fsp3) is 0.267.